The molecule has 128 valence electrons. The number of anilines is 1. The van der Waals surface area contributed by atoms with Crippen LogP contribution in [0.25, 0.3) is 0 Å². The van der Waals surface area contributed by atoms with Crippen LogP contribution >= 0.6 is 22.6 Å². The Morgan fingerprint density at radius 3 is 2.50 bits per heavy atom. The van der Waals surface area contributed by atoms with Gasteiger partial charge >= 0.3 is 6.18 Å². The highest BCUT2D eigenvalue weighted by molar-refractivity contribution is 14.1. The molecule has 1 aliphatic rings. The largest absolute Gasteiger partial charge is 0.489 e. The van der Waals surface area contributed by atoms with Gasteiger partial charge in [0.2, 0.25) is 5.95 Å². The second kappa shape index (κ2) is 7.12. The van der Waals surface area contributed by atoms with Gasteiger partial charge in [0.1, 0.15) is 17.5 Å². The number of aromatic nitrogens is 2. The minimum atomic E-state index is -4.46. The first kappa shape index (κ1) is 17.2. The lowest BCUT2D eigenvalue weighted by Crippen LogP contribution is -2.39. The first-order valence-electron chi connectivity index (χ1n) is 7.50. The molecule has 0 spiro atoms. The third kappa shape index (κ3) is 4.08. The van der Waals surface area contributed by atoms with E-state index in [0.29, 0.717) is 25.9 Å². The Hall–Kier alpha value is -1.58. The molecule has 4 nitrogen and oxygen atoms in total. The van der Waals surface area contributed by atoms with Crippen LogP contribution in [0.3, 0.4) is 0 Å². The van der Waals surface area contributed by atoms with Crippen molar-refractivity contribution in [2.75, 3.05) is 18.0 Å². The van der Waals surface area contributed by atoms with Crippen molar-refractivity contribution in [2.24, 2.45) is 0 Å². The fraction of sp³-hybridized carbons (Fsp3) is 0.375. The van der Waals surface area contributed by atoms with Crippen molar-refractivity contribution in [1.29, 1.82) is 0 Å². The quantitative estimate of drug-likeness (QED) is 0.661. The highest BCUT2D eigenvalue weighted by Crippen LogP contribution is 2.29. The number of rotatable bonds is 3. The third-order valence-electron chi connectivity index (χ3n) is 3.79. The lowest BCUT2D eigenvalue weighted by atomic mass is 10.1. The Bertz CT molecular complexity index is 703. The molecule has 3 rings (SSSR count). The van der Waals surface area contributed by atoms with Crippen molar-refractivity contribution in [3.63, 3.8) is 0 Å². The Morgan fingerprint density at radius 2 is 1.83 bits per heavy atom. The first-order valence-corrected chi connectivity index (χ1v) is 8.58. The Kier molecular flexibility index (Phi) is 5.12. The van der Waals surface area contributed by atoms with Gasteiger partial charge in [-0.25, -0.2) is 9.97 Å². The van der Waals surface area contributed by atoms with Gasteiger partial charge < -0.3 is 9.64 Å². The molecule has 2 aromatic rings. The fourth-order valence-corrected chi connectivity index (χ4v) is 3.07. The maximum absolute atomic E-state index is 12.7. The molecular formula is C16H15F3IN3O. The smallest absolute Gasteiger partial charge is 0.433 e. The van der Waals surface area contributed by atoms with E-state index in [2.05, 4.69) is 32.6 Å². The maximum atomic E-state index is 12.7. The molecule has 1 aromatic carbocycles. The van der Waals surface area contributed by atoms with Crippen LogP contribution in [0.2, 0.25) is 0 Å². The first-order chi connectivity index (χ1) is 11.4. The number of ether oxygens (including phenoxy) is 1. The lowest BCUT2D eigenvalue weighted by Gasteiger charge is -2.32. The van der Waals surface area contributed by atoms with E-state index >= 15 is 0 Å². The second-order valence-corrected chi connectivity index (χ2v) is 6.64. The van der Waals surface area contributed by atoms with Gasteiger partial charge in [0.25, 0.3) is 0 Å². The molecule has 1 fully saturated rings. The summed E-state index contributed by atoms with van der Waals surface area (Å²) in [5.74, 6) is 0.962. The third-order valence-corrected chi connectivity index (χ3v) is 4.68. The molecule has 0 atom stereocenters. The molecule has 0 saturated carbocycles. The monoisotopic (exact) mass is 449 g/mol. The van der Waals surface area contributed by atoms with Crippen molar-refractivity contribution in [3.05, 3.63) is 45.8 Å². The van der Waals surface area contributed by atoms with E-state index in [1.54, 1.807) is 4.90 Å². The number of hydrogen-bond acceptors (Lipinski definition) is 4. The van der Waals surface area contributed by atoms with Gasteiger partial charge in [-0.2, -0.15) is 13.2 Å². The second-order valence-electron chi connectivity index (χ2n) is 5.47. The van der Waals surface area contributed by atoms with E-state index in [1.165, 1.54) is 0 Å². The highest BCUT2D eigenvalue weighted by Gasteiger charge is 2.33. The van der Waals surface area contributed by atoms with Crippen molar-refractivity contribution in [3.8, 4) is 5.75 Å². The predicted octanol–water partition coefficient (Wildman–Crippen LogP) is 4.15. The number of nitrogens with zero attached hydrogens (tertiary/aromatic N) is 3. The van der Waals surface area contributed by atoms with Gasteiger partial charge in [-0.15, -0.1) is 0 Å². The zero-order chi connectivity index (χ0) is 17.2. The van der Waals surface area contributed by atoms with Gasteiger partial charge in [-0.05, 0) is 40.8 Å². The fourth-order valence-electron chi connectivity index (χ4n) is 2.55. The zero-order valence-corrected chi connectivity index (χ0v) is 14.8. The molecule has 2 heterocycles. The van der Waals surface area contributed by atoms with Crippen LogP contribution in [0.5, 0.6) is 5.75 Å². The van der Waals surface area contributed by atoms with Gasteiger partial charge in [-0.3, -0.25) is 0 Å². The summed E-state index contributed by atoms with van der Waals surface area (Å²) in [4.78, 5) is 9.38. The molecule has 1 aromatic heterocycles. The molecule has 1 saturated heterocycles. The number of piperidine rings is 1. The van der Waals surface area contributed by atoms with E-state index in [4.69, 9.17) is 4.74 Å². The normalized spacial score (nSPS) is 16.2. The molecule has 0 aliphatic carbocycles. The van der Waals surface area contributed by atoms with Gasteiger partial charge in [0.15, 0.2) is 0 Å². The molecule has 1 aliphatic heterocycles. The SMILES string of the molecule is FC(F)(F)c1ccnc(N2CCC(Oc3ccccc3I)CC2)n1. The number of halogens is 4. The summed E-state index contributed by atoms with van der Waals surface area (Å²) in [6.45, 7) is 1.13. The summed E-state index contributed by atoms with van der Waals surface area (Å²) in [5, 5.41) is 0. The molecule has 0 N–H and O–H groups in total. The Morgan fingerprint density at radius 1 is 1.12 bits per heavy atom. The average molecular weight is 449 g/mol. The van der Waals surface area contributed by atoms with Crippen LogP contribution in [-0.2, 0) is 6.18 Å². The highest BCUT2D eigenvalue weighted by atomic mass is 127. The number of alkyl halides is 3. The Balaban J connectivity index is 1.62. The average Bonchev–Trinajstić information content (AvgIpc) is 2.57. The topological polar surface area (TPSA) is 38.2 Å². The van der Waals surface area contributed by atoms with Crippen LogP contribution in [-0.4, -0.2) is 29.2 Å². The molecule has 0 amide bonds. The standard InChI is InChI=1S/C16H15F3IN3O/c17-16(18,19)14-5-8-21-15(22-14)23-9-6-11(7-10-23)24-13-4-2-1-3-12(13)20/h1-5,8,11H,6-7,9-10H2. The lowest BCUT2D eigenvalue weighted by molar-refractivity contribution is -0.141. The Labute approximate surface area is 151 Å². The van der Waals surface area contributed by atoms with E-state index in [-0.39, 0.29) is 12.1 Å². The van der Waals surface area contributed by atoms with Crippen LogP contribution in [0, 0.1) is 3.57 Å². The summed E-state index contributed by atoms with van der Waals surface area (Å²) in [6.07, 6.45) is -1.83. The summed E-state index contributed by atoms with van der Waals surface area (Å²) >= 11 is 2.22. The van der Waals surface area contributed by atoms with E-state index in [1.807, 2.05) is 24.3 Å². The van der Waals surface area contributed by atoms with Crippen LogP contribution < -0.4 is 9.64 Å². The number of benzene rings is 1. The van der Waals surface area contributed by atoms with Gasteiger partial charge in [-0.1, -0.05) is 12.1 Å². The van der Waals surface area contributed by atoms with E-state index in [0.717, 1.165) is 21.6 Å². The molecule has 0 bridgehead atoms. The predicted molar refractivity (Wildman–Crippen MR) is 92.1 cm³/mol. The van der Waals surface area contributed by atoms with E-state index in [9.17, 15) is 13.2 Å². The minimum absolute atomic E-state index is 0.0444. The summed E-state index contributed by atoms with van der Waals surface area (Å²) < 4.78 is 45.3. The van der Waals surface area contributed by atoms with Crippen molar-refractivity contribution < 1.29 is 17.9 Å². The van der Waals surface area contributed by atoms with E-state index < -0.39 is 11.9 Å². The minimum Gasteiger partial charge on any atom is -0.489 e. The summed E-state index contributed by atoms with van der Waals surface area (Å²) in [6, 6.07) is 8.65. The summed E-state index contributed by atoms with van der Waals surface area (Å²) in [5.41, 5.74) is -0.912. The summed E-state index contributed by atoms with van der Waals surface area (Å²) in [7, 11) is 0. The van der Waals surface area contributed by atoms with Crippen molar-refractivity contribution >= 4 is 28.5 Å². The number of hydrogen-bond donors (Lipinski definition) is 0. The molecule has 0 unspecified atom stereocenters. The van der Waals surface area contributed by atoms with Gasteiger partial charge in [0.05, 0.1) is 3.57 Å². The molecular weight excluding hydrogens is 434 g/mol. The van der Waals surface area contributed by atoms with Crippen LogP contribution in [0.15, 0.2) is 36.5 Å². The van der Waals surface area contributed by atoms with Crippen LogP contribution in [0.1, 0.15) is 18.5 Å². The number of para-hydroxylation sites is 1. The van der Waals surface area contributed by atoms with Crippen molar-refractivity contribution in [2.45, 2.75) is 25.1 Å². The van der Waals surface area contributed by atoms with Gasteiger partial charge in [0, 0.05) is 32.1 Å². The molecule has 0 radical (unpaired) electrons. The molecule has 8 heteroatoms. The van der Waals surface area contributed by atoms with Crippen molar-refractivity contribution in [1.82, 2.24) is 9.97 Å². The zero-order valence-electron chi connectivity index (χ0n) is 12.6. The molecule has 24 heavy (non-hydrogen) atoms. The van der Waals surface area contributed by atoms with Crippen LogP contribution in [0.4, 0.5) is 19.1 Å². The maximum Gasteiger partial charge on any atom is 0.433 e.